The molecular weight excluding hydrogens is 222 g/mol. The van der Waals surface area contributed by atoms with Crippen molar-refractivity contribution in [2.24, 2.45) is 5.73 Å². The highest BCUT2D eigenvalue weighted by molar-refractivity contribution is 6.27. The highest BCUT2D eigenvalue weighted by Crippen LogP contribution is 2.19. The summed E-state index contributed by atoms with van der Waals surface area (Å²) in [7, 11) is 0. The van der Waals surface area contributed by atoms with Crippen LogP contribution in [0.5, 0.6) is 0 Å². The molecule has 5 heteroatoms. The van der Waals surface area contributed by atoms with Gasteiger partial charge in [-0.15, -0.1) is 0 Å². The number of rotatable bonds is 1. The number of carbonyl (C=O) groups is 2. The highest BCUT2D eigenvalue weighted by atomic mass is 16.4. The second kappa shape index (κ2) is 6.00. The summed E-state index contributed by atoms with van der Waals surface area (Å²) in [5, 5.41) is 14.8. The van der Waals surface area contributed by atoms with Crippen molar-refractivity contribution in [3.05, 3.63) is 35.4 Å². The van der Waals surface area contributed by atoms with Gasteiger partial charge in [0.2, 0.25) is 0 Å². The second-order valence-corrected chi connectivity index (χ2v) is 4.15. The van der Waals surface area contributed by atoms with Gasteiger partial charge in [-0.05, 0) is 31.9 Å². The van der Waals surface area contributed by atoms with E-state index in [1.165, 1.54) is 11.1 Å². The number of hydrogen-bond acceptors (Lipinski definition) is 3. The zero-order chi connectivity index (χ0) is 13.6. The maximum absolute atomic E-state index is 9.10. The quantitative estimate of drug-likeness (QED) is 0.642. The van der Waals surface area contributed by atoms with E-state index in [0.29, 0.717) is 0 Å². The lowest BCUT2D eigenvalue weighted by molar-refractivity contribution is -0.159. The minimum absolute atomic E-state index is 0.217. The summed E-state index contributed by atoms with van der Waals surface area (Å²) in [6, 6.07) is 8.22. The van der Waals surface area contributed by atoms with Crippen LogP contribution >= 0.6 is 0 Å². The molecule has 1 aromatic rings. The molecule has 0 aliphatic heterocycles. The number of nitrogens with two attached hydrogens (primary N) is 1. The minimum atomic E-state index is -1.82. The summed E-state index contributed by atoms with van der Waals surface area (Å²) in [4.78, 5) is 18.2. The molecule has 0 unspecified atom stereocenters. The van der Waals surface area contributed by atoms with Crippen LogP contribution in [0.15, 0.2) is 24.3 Å². The molecule has 0 atom stereocenters. The van der Waals surface area contributed by atoms with Crippen LogP contribution in [-0.4, -0.2) is 22.2 Å². The molecule has 1 rings (SSSR count). The van der Waals surface area contributed by atoms with Gasteiger partial charge in [-0.2, -0.15) is 0 Å². The summed E-state index contributed by atoms with van der Waals surface area (Å²) in [5.74, 6) is -3.65. The second-order valence-electron chi connectivity index (χ2n) is 4.15. The summed E-state index contributed by atoms with van der Waals surface area (Å²) >= 11 is 0. The third kappa shape index (κ3) is 5.67. The molecule has 0 radical (unpaired) electrons. The predicted molar refractivity (Wildman–Crippen MR) is 63.7 cm³/mol. The van der Waals surface area contributed by atoms with Crippen LogP contribution in [0, 0.1) is 6.92 Å². The lowest BCUT2D eigenvalue weighted by Gasteiger charge is -2.21. The fourth-order valence-electron chi connectivity index (χ4n) is 1.30. The summed E-state index contributed by atoms with van der Waals surface area (Å²) in [6.07, 6.45) is 0. The zero-order valence-electron chi connectivity index (χ0n) is 10.1. The first-order chi connectivity index (χ1) is 7.66. The van der Waals surface area contributed by atoms with E-state index in [-0.39, 0.29) is 5.54 Å². The topological polar surface area (TPSA) is 101 Å². The largest absolute Gasteiger partial charge is 0.473 e. The van der Waals surface area contributed by atoms with E-state index in [4.69, 9.17) is 25.5 Å². The molecule has 5 nitrogen and oxygen atoms in total. The lowest BCUT2D eigenvalue weighted by Crippen LogP contribution is -2.29. The van der Waals surface area contributed by atoms with Crippen LogP contribution in [0.2, 0.25) is 0 Å². The van der Waals surface area contributed by atoms with Crippen LogP contribution in [0.1, 0.15) is 25.0 Å². The van der Waals surface area contributed by atoms with Gasteiger partial charge in [0.05, 0.1) is 0 Å². The number of carboxylic acid groups (broad SMARTS) is 2. The van der Waals surface area contributed by atoms with Crippen molar-refractivity contribution < 1.29 is 19.8 Å². The molecule has 0 bridgehead atoms. The average Bonchev–Trinajstić information content (AvgIpc) is 2.17. The van der Waals surface area contributed by atoms with E-state index >= 15 is 0 Å². The Kier molecular flexibility index (Phi) is 5.34. The summed E-state index contributed by atoms with van der Waals surface area (Å²) < 4.78 is 0. The maximum atomic E-state index is 9.10. The molecule has 0 saturated heterocycles. The van der Waals surface area contributed by atoms with Crippen LogP contribution in [0.25, 0.3) is 0 Å². The predicted octanol–water partition coefficient (Wildman–Crippen LogP) is 1.34. The molecule has 0 saturated carbocycles. The van der Waals surface area contributed by atoms with Crippen molar-refractivity contribution in [1.29, 1.82) is 0 Å². The summed E-state index contributed by atoms with van der Waals surface area (Å²) in [6.45, 7) is 6.13. The Balaban J connectivity index is 0.000000366. The smallest absolute Gasteiger partial charge is 0.414 e. The molecule has 0 aliphatic carbocycles. The number of carboxylic acids is 2. The van der Waals surface area contributed by atoms with Crippen LogP contribution in [-0.2, 0) is 15.1 Å². The zero-order valence-corrected chi connectivity index (χ0v) is 10.1. The van der Waals surface area contributed by atoms with E-state index in [1.54, 1.807) is 0 Å². The minimum Gasteiger partial charge on any atom is -0.473 e. The van der Waals surface area contributed by atoms with Crippen LogP contribution in [0.4, 0.5) is 0 Å². The first kappa shape index (κ1) is 15.1. The molecule has 0 fully saturated rings. The molecule has 4 N–H and O–H groups in total. The Morgan fingerprint density at radius 1 is 1.12 bits per heavy atom. The summed E-state index contributed by atoms with van der Waals surface area (Å²) in [5.41, 5.74) is 8.23. The number of aliphatic carboxylic acids is 2. The first-order valence-corrected chi connectivity index (χ1v) is 4.97. The van der Waals surface area contributed by atoms with Crippen molar-refractivity contribution in [3.8, 4) is 0 Å². The van der Waals surface area contributed by atoms with Gasteiger partial charge in [-0.25, -0.2) is 9.59 Å². The van der Waals surface area contributed by atoms with E-state index in [0.717, 1.165) is 0 Å². The molecular formula is C12H17NO4. The first-order valence-electron chi connectivity index (χ1n) is 4.97. The van der Waals surface area contributed by atoms with Gasteiger partial charge in [0.15, 0.2) is 0 Å². The third-order valence-electron chi connectivity index (χ3n) is 2.02. The molecule has 0 amide bonds. The van der Waals surface area contributed by atoms with Crippen molar-refractivity contribution >= 4 is 11.9 Å². The fourth-order valence-corrected chi connectivity index (χ4v) is 1.30. The van der Waals surface area contributed by atoms with Crippen LogP contribution < -0.4 is 5.73 Å². The van der Waals surface area contributed by atoms with E-state index in [9.17, 15) is 0 Å². The lowest BCUT2D eigenvalue weighted by atomic mass is 9.92. The van der Waals surface area contributed by atoms with Gasteiger partial charge in [0, 0.05) is 5.54 Å². The normalized spacial score (nSPS) is 10.1. The SMILES string of the molecule is Cc1ccccc1C(C)(C)N.O=C(O)C(=O)O. The van der Waals surface area contributed by atoms with Crippen molar-refractivity contribution in [2.45, 2.75) is 26.3 Å². The Bertz CT molecular complexity index is 395. The third-order valence-corrected chi connectivity index (χ3v) is 2.02. The molecule has 0 heterocycles. The average molecular weight is 239 g/mol. The molecule has 0 spiro atoms. The van der Waals surface area contributed by atoms with E-state index in [2.05, 4.69) is 19.1 Å². The highest BCUT2D eigenvalue weighted by Gasteiger charge is 2.14. The Hall–Kier alpha value is -1.88. The molecule has 0 aromatic heterocycles. The Morgan fingerprint density at radius 3 is 1.76 bits per heavy atom. The van der Waals surface area contributed by atoms with Gasteiger partial charge >= 0.3 is 11.9 Å². The van der Waals surface area contributed by atoms with Gasteiger partial charge in [0.1, 0.15) is 0 Å². The Morgan fingerprint density at radius 2 is 1.53 bits per heavy atom. The number of hydrogen-bond donors (Lipinski definition) is 3. The number of benzene rings is 1. The maximum Gasteiger partial charge on any atom is 0.414 e. The van der Waals surface area contributed by atoms with Crippen molar-refractivity contribution in [1.82, 2.24) is 0 Å². The van der Waals surface area contributed by atoms with Gasteiger partial charge < -0.3 is 15.9 Å². The van der Waals surface area contributed by atoms with E-state index < -0.39 is 11.9 Å². The van der Waals surface area contributed by atoms with Crippen molar-refractivity contribution in [2.75, 3.05) is 0 Å². The fraction of sp³-hybridized carbons (Fsp3) is 0.333. The van der Waals surface area contributed by atoms with Gasteiger partial charge in [-0.3, -0.25) is 0 Å². The molecule has 1 aromatic carbocycles. The van der Waals surface area contributed by atoms with Gasteiger partial charge in [-0.1, -0.05) is 24.3 Å². The molecule has 0 aliphatic rings. The monoisotopic (exact) mass is 239 g/mol. The van der Waals surface area contributed by atoms with E-state index in [1.807, 2.05) is 26.0 Å². The van der Waals surface area contributed by atoms with Gasteiger partial charge in [0.25, 0.3) is 0 Å². The molecule has 17 heavy (non-hydrogen) atoms. The van der Waals surface area contributed by atoms with Crippen molar-refractivity contribution in [3.63, 3.8) is 0 Å². The molecule has 94 valence electrons. The van der Waals surface area contributed by atoms with Crippen LogP contribution in [0.3, 0.4) is 0 Å². The Labute approximate surface area is 99.9 Å². The number of aryl methyl sites for hydroxylation is 1. The standard InChI is InChI=1S/C10H15N.C2H2O4/c1-8-6-4-5-7-9(8)10(2,3)11;3-1(4)2(5)6/h4-7H,11H2,1-3H3;(H,3,4)(H,5,6).